The minimum atomic E-state index is -1.05. The van der Waals surface area contributed by atoms with Crippen LogP contribution in [0, 0.1) is 0 Å². The van der Waals surface area contributed by atoms with Crippen molar-refractivity contribution in [1.29, 1.82) is 0 Å². The molecule has 0 aliphatic heterocycles. The summed E-state index contributed by atoms with van der Waals surface area (Å²) in [6.45, 7) is 3.87. The van der Waals surface area contributed by atoms with Crippen LogP contribution < -0.4 is 4.74 Å². The number of hydrogen-bond acceptors (Lipinski definition) is 3. The second kappa shape index (κ2) is 4.25. The summed E-state index contributed by atoms with van der Waals surface area (Å²) in [5, 5.41) is 8.53. The topological polar surface area (TPSA) is 59.4 Å². The van der Waals surface area contributed by atoms with Crippen molar-refractivity contribution in [2.24, 2.45) is 0 Å². The zero-order valence-electron chi connectivity index (χ0n) is 6.93. The van der Waals surface area contributed by atoms with Gasteiger partial charge >= 0.3 is 5.97 Å². The lowest BCUT2D eigenvalue weighted by molar-refractivity contribution is 0.0690. The van der Waals surface area contributed by atoms with Gasteiger partial charge in [0.15, 0.2) is 0 Å². The first kappa shape index (κ1) is 9.25. The van der Waals surface area contributed by atoms with Gasteiger partial charge in [0, 0.05) is 0 Å². The van der Waals surface area contributed by atoms with Crippen LogP contribution in [0.25, 0.3) is 0 Å². The number of carboxylic acid groups (broad SMARTS) is 1. The third-order valence-corrected chi connectivity index (χ3v) is 1.32. The molecule has 1 N–H and O–H groups in total. The second-order valence-corrected chi connectivity index (χ2v) is 2.28. The van der Waals surface area contributed by atoms with Gasteiger partial charge in [0.05, 0.1) is 6.20 Å². The Morgan fingerprint density at radius 2 is 2.46 bits per heavy atom. The fourth-order valence-corrected chi connectivity index (χ4v) is 0.747. The highest BCUT2D eigenvalue weighted by atomic mass is 16.5. The summed E-state index contributed by atoms with van der Waals surface area (Å²) in [5.41, 5.74) is 0.00551. The zero-order chi connectivity index (χ0) is 9.68. The Kier molecular flexibility index (Phi) is 3.03. The van der Waals surface area contributed by atoms with Gasteiger partial charge in [-0.2, -0.15) is 0 Å². The van der Waals surface area contributed by atoms with E-state index in [0.29, 0.717) is 12.4 Å². The van der Waals surface area contributed by atoms with Crippen molar-refractivity contribution in [1.82, 2.24) is 4.98 Å². The summed E-state index contributed by atoms with van der Waals surface area (Å²) >= 11 is 0. The summed E-state index contributed by atoms with van der Waals surface area (Å²) in [7, 11) is 0. The van der Waals surface area contributed by atoms with E-state index in [0.717, 1.165) is 0 Å². The van der Waals surface area contributed by atoms with Crippen LogP contribution in [0.2, 0.25) is 0 Å². The Morgan fingerprint density at radius 3 is 2.92 bits per heavy atom. The van der Waals surface area contributed by atoms with Crippen LogP contribution in [0.5, 0.6) is 5.75 Å². The quantitative estimate of drug-likeness (QED) is 0.708. The average Bonchev–Trinajstić information content (AvgIpc) is 2.15. The Hall–Kier alpha value is -1.84. The van der Waals surface area contributed by atoms with Crippen molar-refractivity contribution >= 4 is 5.97 Å². The van der Waals surface area contributed by atoms with Gasteiger partial charge in [-0.25, -0.2) is 9.78 Å². The van der Waals surface area contributed by atoms with Crippen molar-refractivity contribution < 1.29 is 14.6 Å². The Morgan fingerprint density at radius 1 is 1.69 bits per heavy atom. The molecule has 0 aromatic carbocycles. The summed E-state index contributed by atoms with van der Waals surface area (Å²) < 4.78 is 5.12. The molecule has 0 bridgehead atoms. The molecule has 0 radical (unpaired) electrons. The number of aromatic carboxylic acids is 1. The van der Waals surface area contributed by atoms with Gasteiger partial charge in [0.2, 0.25) is 0 Å². The largest absolute Gasteiger partial charge is 0.488 e. The first-order valence-electron chi connectivity index (χ1n) is 3.67. The van der Waals surface area contributed by atoms with E-state index in [-0.39, 0.29) is 5.69 Å². The molecule has 68 valence electrons. The molecule has 0 atom stereocenters. The number of ether oxygens (including phenoxy) is 1. The molecule has 0 spiro atoms. The number of carboxylic acids is 1. The Balaban J connectivity index is 2.69. The van der Waals surface area contributed by atoms with E-state index >= 15 is 0 Å². The number of aromatic nitrogens is 1. The van der Waals surface area contributed by atoms with Crippen LogP contribution in [0.3, 0.4) is 0 Å². The van der Waals surface area contributed by atoms with Gasteiger partial charge in [-0.3, -0.25) is 0 Å². The van der Waals surface area contributed by atoms with E-state index in [1.165, 1.54) is 12.3 Å². The van der Waals surface area contributed by atoms with Crippen molar-refractivity contribution in [2.75, 3.05) is 6.61 Å². The molecule has 0 fully saturated rings. The van der Waals surface area contributed by atoms with Crippen LogP contribution in [-0.4, -0.2) is 22.7 Å². The van der Waals surface area contributed by atoms with E-state index in [9.17, 15) is 4.79 Å². The fraction of sp³-hybridized carbons (Fsp3) is 0.111. The molecule has 1 aromatic heterocycles. The van der Waals surface area contributed by atoms with Gasteiger partial charge in [-0.1, -0.05) is 12.7 Å². The molecule has 1 aromatic rings. The molecule has 0 aliphatic rings. The van der Waals surface area contributed by atoms with E-state index < -0.39 is 5.97 Å². The van der Waals surface area contributed by atoms with Crippen molar-refractivity contribution in [3.63, 3.8) is 0 Å². The predicted molar refractivity (Wildman–Crippen MR) is 46.9 cm³/mol. The highest BCUT2D eigenvalue weighted by Crippen LogP contribution is 2.08. The molecule has 4 nitrogen and oxygen atoms in total. The molecular weight excluding hydrogens is 170 g/mol. The lowest BCUT2D eigenvalue weighted by Gasteiger charge is -2.01. The van der Waals surface area contributed by atoms with Gasteiger partial charge in [0.1, 0.15) is 18.1 Å². The fourth-order valence-electron chi connectivity index (χ4n) is 0.747. The zero-order valence-corrected chi connectivity index (χ0v) is 6.93. The molecule has 13 heavy (non-hydrogen) atoms. The first-order chi connectivity index (χ1) is 6.24. The lowest BCUT2D eigenvalue weighted by Crippen LogP contribution is -2.00. The summed E-state index contributed by atoms with van der Waals surface area (Å²) in [6, 6.07) is 2.95. The number of hydrogen-bond donors (Lipinski definition) is 1. The molecule has 1 rings (SSSR count). The minimum absolute atomic E-state index is 0.00551. The summed E-state index contributed by atoms with van der Waals surface area (Å²) in [6.07, 6.45) is 2.97. The third kappa shape index (κ3) is 2.59. The van der Waals surface area contributed by atoms with E-state index in [1.807, 2.05) is 0 Å². The van der Waals surface area contributed by atoms with Crippen molar-refractivity contribution in [3.05, 3.63) is 36.7 Å². The summed E-state index contributed by atoms with van der Waals surface area (Å²) in [4.78, 5) is 14.1. The van der Waals surface area contributed by atoms with Crippen molar-refractivity contribution in [3.8, 4) is 5.75 Å². The predicted octanol–water partition coefficient (Wildman–Crippen LogP) is 1.34. The molecule has 0 unspecified atom stereocenters. The molecule has 1 heterocycles. The van der Waals surface area contributed by atoms with Crippen LogP contribution in [-0.2, 0) is 0 Å². The smallest absolute Gasteiger partial charge is 0.354 e. The maximum atomic E-state index is 10.4. The van der Waals surface area contributed by atoms with Gasteiger partial charge < -0.3 is 9.84 Å². The third-order valence-electron chi connectivity index (χ3n) is 1.32. The monoisotopic (exact) mass is 179 g/mol. The minimum Gasteiger partial charge on any atom is -0.488 e. The number of nitrogens with zero attached hydrogens (tertiary/aromatic N) is 1. The normalized spacial score (nSPS) is 9.23. The van der Waals surface area contributed by atoms with E-state index in [4.69, 9.17) is 9.84 Å². The standard InChI is InChI=1S/C9H9NO3/c1-2-5-13-7-3-4-8(9(11)12)10-6-7/h2-4,6H,1,5H2,(H,11,12). The molecule has 0 saturated heterocycles. The Bertz CT molecular complexity index is 305. The number of carbonyl (C=O) groups is 1. The number of pyridine rings is 1. The second-order valence-electron chi connectivity index (χ2n) is 2.28. The molecule has 4 heteroatoms. The van der Waals surface area contributed by atoms with Crippen molar-refractivity contribution in [2.45, 2.75) is 0 Å². The molecule has 0 saturated carbocycles. The molecule has 0 amide bonds. The maximum Gasteiger partial charge on any atom is 0.354 e. The van der Waals surface area contributed by atoms with E-state index in [1.54, 1.807) is 12.1 Å². The van der Waals surface area contributed by atoms with Crippen LogP contribution >= 0.6 is 0 Å². The van der Waals surface area contributed by atoms with Gasteiger partial charge in [-0.15, -0.1) is 0 Å². The van der Waals surface area contributed by atoms with Gasteiger partial charge in [0.25, 0.3) is 0 Å². The SMILES string of the molecule is C=CCOc1ccc(C(=O)O)nc1. The number of rotatable bonds is 4. The molecular formula is C9H9NO3. The lowest BCUT2D eigenvalue weighted by atomic mass is 10.3. The van der Waals surface area contributed by atoms with Crippen LogP contribution in [0.1, 0.15) is 10.5 Å². The average molecular weight is 179 g/mol. The van der Waals surface area contributed by atoms with E-state index in [2.05, 4.69) is 11.6 Å². The summed E-state index contributed by atoms with van der Waals surface area (Å²) in [5.74, 6) is -0.514. The highest BCUT2D eigenvalue weighted by molar-refractivity contribution is 5.85. The highest BCUT2D eigenvalue weighted by Gasteiger charge is 2.02. The van der Waals surface area contributed by atoms with Crippen LogP contribution in [0.4, 0.5) is 0 Å². The van der Waals surface area contributed by atoms with Gasteiger partial charge in [-0.05, 0) is 12.1 Å². The Labute approximate surface area is 75.5 Å². The van der Waals surface area contributed by atoms with Crippen LogP contribution in [0.15, 0.2) is 31.0 Å². The first-order valence-corrected chi connectivity index (χ1v) is 3.67. The maximum absolute atomic E-state index is 10.4. The molecule has 0 aliphatic carbocycles.